The van der Waals surface area contributed by atoms with Crippen LogP contribution in [-0.2, 0) is 0 Å². The number of aliphatic hydroxyl groups is 1. The maximum absolute atomic E-state index is 8.64. The molecule has 0 aliphatic heterocycles. The Morgan fingerprint density at radius 3 is 2.33 bits per heavy atom. The molecule has 0 aromatic heterocycles. The van der Waals surface area contributed by atoms with Crippen LogP contribution >= 0.6 is 0 Å². The van der Waals surface area contributed by atoms with Crippen LogP contribution in [0.15, 0.2) is 12.3 Å². The molecule has 0 rings (SSSR count). The van der Waals surface area contributed by atoms with Gasteiger partial charge in [-0.05, 0) is 6.42 Å². The zero-order valence-corrected chi connectivity index (χ0v) is 5.90. The van der Waals surface area contributed by atoms with Gasteiger partial charge in [0.25, 0.3) is 0 Å². The Hall–Kier alpha value is -0.460. The van der Waals surface area contributed by atoms with Crippen LogP contribution in [0.5, 0.6) is 0 Å². The first-order valence-electron chi connectivity index (χ1n) is 3.43. The molecule has 1 radical (unpaired) electrons. The Labute approximate surface area is 57.4 Å². The van der Waals surface area contributed by atoms with Crippen molar-refractivity contribution in [2.45, 2.75) is 32.1 Å². The molecule has 1 nitrogen and oxygen atoms in total. The third-order valence-electron chi connectivity index (χ3n) is 1.22. The fourth-order valence-corrected chi connectivity index (χ4v) is 0.683. The maximum Gasteiger partial charge on any atom is 0.0851 e. The van der Waals surface area contributed by atoms with Gasteiger partial charge in [0, 0.05) is 6.42 Å². The zero-order chi connectivity index (χ0) is 7.11. The van der Waals surface area contributed by atoms with Gasteiger partial charge in [-0.3, -0.25) is 0 Å². The topological polar surface area (TPSA) is 20.2 Å². The highest BCUT2D eigenvalue weighted by atomic mass is 16.3. The molecule has 0 atom stereocenters. The summed E-state index contributed by atoms with van der Waals surface area (Å²) in [7, 11) is 0. The van der Waals surface area contributed by atoms with Crippen molar-refractivity contribution in [2.75, 3.05) is 0 Å². The van der Waals surface area contributed by atoms with Crippen molar-refractivity contribution in [3.8, 4) is 0 Å². The second kappa shape index (κ2) is 5.67. The Bertz CT molecular complexity index is 76.6. The van der Waals surface area contributed by atoms with Gasteiger partial charge >= 0.3 is 0 Å². The van der Waals surface area contributed by atoms with Crippen molar-refractivity contribution in [2.24, 2.45) is 0 Å². The number of unbranched alkanes of at least 4 members (excludes halogenated alkanes) is 3. The average molecular weight is 127 g/mol. The summed E-state index contributed by atoms with van der Waals surface area (Å²) in [5.74, 6) is 0.305. The SMILES string of the molecule is [CH2]CCCCCC(=C)O. The molecule has 0 spiro atoms. The minimum Gasteiger partial charge on any atom is -0.513 e. The van der Waals surface area contributed by atoms with Gasteiger partial charge in [-0.15, -0.1) is 0 Å². The summed E-state index contributed by atoms with van der Waals surface area (Å²) in [6.45, 7) is 7.11. The lowest BCUT2D eigenvalue weighted by atomic mass is 10.1. The molecule has 0 amide bonds. The van der Waals surface area contributed by atoms with Gasteiger partial charge in [-0.1, -0.05) is 32.8 Å². The van der Waals surface area contributed by atoms with Crippen LogP contribution in [0.4, 0.5) is 0 Å². The highest BCUT2D eigenvalue weighted by molar-refractivity contribution is 4.77. The van der Waals surface area contributed by atoms with E-state index in [2.05, 4.69) is 13.5 Å². The fourth-order valence-electron chi connectivity index (χ4n) is 0.683. The molecular weight excluding hydrogens is 112 g/mol. The van der Waals surface area contributed by atoms with Gasteiger partial charge in [0.1, 0.15) is 0 Å². The maximum atomic E-state index is 8.64. The molecule has 0 aliphatic carbocycles. The summed E-state index contributed by atoms with van der Waals surface area (Å²) in [6.07, 6.45) is 5.11. The largest absolute Gasteiger partial charge is 0.513 e. The van der Waals surface area contributed by atoms with Crippen LogP contribution in [0.1, 0.15) is 32.1 Å². The van der Waals surface area contributed by atoms with E-state index in [0.717, 1.165) is 32.1 Å². The molecule has 0 bridgehead atoms. The highest BCUT2D eigenvalue weighted by Gasteiger charge is 1.88. The van der Waals surface area contributed by atoms with E-state index in [1.54, 1.807) is 0 Å². The minimum atomic E-state index is 0.305. The minimum absolute atomic E-state index is 0.305. The number of allylic oxidation sites excluding steroid dienone is 1. The van der Waals surface area contributed by atoms with E-state index >= 15 is 0 Å². The van der Waals surface area contributed by atoms with Crippen LogP contribution in [0.2, 0.25) is 0 Å². The van der Waals surface area contributed by atoms with Crippen molar-refractivity contribution < 1.29 is 5.11 Å². The predicted octanol–water partition coefficient (Wildman–Crippen LogP) is 2.84. The summed E-state index contributed by atoms with van der Waals surface area (Å²) >= 11 is 0. The number of rotatable bonds is 5. The molecule has 0 saturated heterocycles. The van der Waals surface area contributed by atoms with E-state index in [4.69, 9.17) is 5.11 Å². The van der Waals surface area contributed by atoms with E-state index in [0.29, 0.717) is 5.76 Å². The Morgan fingerprint density at radius 1 is 1.22 bits per heavy atom. The first-order chi connectivity index (χ1) is 4.27. The third kappa shape index (κ3) is 7.54. The number of hydrogen-bond donors (Lipinski definition) is 1. The average Bonchev–Trinajstić information content (AvgIpc) is 1.80. The standard InChI is InChI=1S/C8H15O/c1-3-4-5-6-7-8(2)9/h9H,1-7H2. The van der Waals surface area contributed by atoms with Crippen molar-refractivity contribution in [3.63, 3.8) is 0 Å². The second-order valence-corrected chi connectivity index (χ2v) is 2.23. The lowest BCUT2D eigenvalue weighted by Gasteiger charge is -1.96. The summed E-state index contributed by atoms with van der Waals surface area (Å²) in [5, 5.41) is 8.64. The molecule has 0 aromatic rings. The Kier molecular flexibility index (Phi) is 5.38. The van der Waals surface area contributed by atoms with Gasteiger partial charge in [-0.2, -0.15) is 0 Å². The normalized spacial score (nSPS) is 9.44. The lowest BCUT2D eigenvalue weighted by molar-refractivity contribution is 0.384. The quantitative estimate of drug-likeness (QED) is 0.444. The molecule has 53 valence electrons. The van der Waals surface area contributed by atoms with Gasteiger partial charge < -0.3 is 5.11 Å². The summed E-state index contributed by atoms with van der Waals surface area (Å²) in [4.78, 5) is 0. The molecule has 0 aliphatic rings. The van der Waals surface area contributed by atoms with Crippen LogP contribution in [0.3, 0.4) is 0 Å². The molecule has 0 fully saturated rings. The van der Waals surface area contributed by atoms with Crippen molar-refractivity contribution >= 4 is 0 Å². The van der Waals surface area contributed by atoms with Gasteiger partial charge in [0.15, 0.2) is 0 Å². The highest BCUT2D eigenvalue weighted by Crippen LogP contribution is 2.05. The van der Waals surface area contributed by atoms with Crippen molar-refractivity contribution in [1.82, 2.24) is 0 Å². The number of hydrogen-bond acceptors (Lipinski definition) is 1. The summed E-state index contributed by atoms with van der Waals surface area (Å²) in [5.41, 5.74) is 0. The Balaban J connectivity index is 2.83. The first-order valence-corrected chi connectivity index (χ1v) is 3.43. The van der Waals surface area contributed by atoms with E-state index < -0.39 is 0 Å². The van der Waals surface area contributed by atoms with Gasteiger partial charge in [0.05, 0.1) is 5.76 Å². The monoisotopic (exact) mass is 127 g/mol. The van der Waals surface area contributed by atoms with E-state index in [9.17, 15) is 0 Å². The van der Waals surface area contributed by atoms with E-state index in [-0.39, 0.29) is 0 Å². The lowest BCUT2D eigenvalue weighted by Crippen LogP contribution is -1.79. The summed E-state index contributed by atoms with van der Waals surface area (Å²) in [6, 6.07) is 0. The molecule has 0 heterocycles. The molecule has 9 heavy (non-hydrogen) atoms. The molecular formula is C8H15O. The van der Waals surface area contributed by atoms with Crippen LogP contribution in [-0.4, -0.2) is 5.11 Å². The molecule has 1 heteroatoms. The van der Waals surface area contributed by atoms with E-state index in [1.807, 2.05) is 0 Å². The number of aliphatic hydroxyl groups excluding tert-OH is 1. The van der Waals surface area contributed by atoms with Crippen LogP contribution in [0.25, 0.3) is 0 Å². The van der Waals surface area contributed by atoms with Crippen LogP contribution < -0.4 is 0 Å². The Morgan fingerprint density at radius 2 is 1.89 bits per heavy atom. The van der Waals surface area contributed by atoms with Crippen molar-refractivity contribution in [1.29, 1.82) is 0 Å². The zero-order valence-electron chi connectivity index (χ0n) is 5.90. The molecule has 0 aromatic carbocycles. The first kappa shape index (κ1) is 8.54. The summed E-state index contributed by atoms with van der Waals surface area (Å²) < 4.78 is 0. The molecule has 1 N–H and O–H groups in total. The molecule has 0 saturated carbocycles. The molecule has 0 unspecified atom stereocenters. The second-order valence-electron chi connectivity index (χ2n) is 2.23. The predicted molar refractivity (Wildman–Crippen MR) is 40.2 cm³/mol. The van der Waals surface area contributed by atoms with E-state index in [1.165, 1.54) is 0 Å². The fraction of sp³-hybridized carbons (Fsp3) is 0.625. The smallest absolute Gasteiger partial charge is 0.0851 e. The third-order valence-corrected chi connectivity index (χ3v) is 1.22. The van der Waals surface area contributed by atoms with Gasteiger partial charge in [-0.25, -0.2) is 0 Å². The van der Waals surface area contributed by atoms with Crippen LogP contribution in [0, 0.1) is 6.92 Å². The van der Waals surface area contributed by atoms with Gasteiger partial charge in [0.2, 0.25) is 0 Å². The van der Waals surface area contributed by atoms with Crippen molar-refractivity contribution in [3.05, 3.63) is 19.3 Å².